The van der Waals surface area contributed by atoms with E-state index in [1.165, 1.54) is 0 Å². The van der Waals surface area contributed by atoms with E-state index in [4.69, 9.17) is 4.74 Å². The SMILES string of the molecule is Cc1ccc(C)c(C(=O)OCc2cn3ccccc3c2C#N)c1. The number of benzene rings is 1. The van der Waals surface area contributed by atoms with Crippen LogP contribution in [0.4, 0.5) is 0 Å². The highest BCUT2D eigenvalue weighted by Gasteiger charge is 2.14. The number of nitrogens with zero attached hydrogens (tertiary/aromatic N) is 2. The van der Waals surface area contributed by atoms with Crippen molar-refractivity contribution in [3.05, 3.63) is 76.6 Å². The predicted molar refractivity (Wildman–Crippen MR) is 87.1 cm³/mol. The highest BCUT2D eigenvalue weighted by molar-refractivity contribution is 5.91. The lowest BCUT2D eigenvalue weighted by Gasteiger charge is -2.07. The third-order valence-corrected chi connectivity index (χ3v) is 3.85. The van der Waals surface area contributed by atoms with Crippen LogP contribution in [0.1, 0.15) is 32.6 Å². The summed E-state index contributed by atoms with van der Waals surface area (Å²) in [6.45, 7) is 3.89. The molecule has 0 aliphatic heterocycles. The Labute approximate surface area is 134 Å². The molecule has 0 atom stereocenters. The normalized spacial score (nSPS) is 10.5. The van der Waals surface area contributed by atoms with Gasteiger partial charge in [0.05, 0.1) is 16.6 Å². The smallest absolute Gasteiger partial charge is 0.338 e. The summed E-state index contributed by atoms with van der Waals surface area (Å²) >= 11 is 0. The molecular weight excluding hydrogens is 288 g/mol. The molecule has 4 nitrogen and oxygen atoms in total. The molecule has 23 heavy (non-hydrogen) atoms. The van der Waals surface area contributed by atoms with Crippen molar-refractivity contribution in [3.8, 4) is 6.07 Å². The van der Waals surface area contributed by atoms with E-state index in [1.807, 2.05) is 67.0 Å². The second-order valence-corrected chi connectivity index (χ2v) is 5.53. The van der Waals surface area contributed by atoms with Gasteiger partial charge in [-0.25, -0.2) is 4.79 Å². The van der Waals surface area contributed by atoms with Crippen molar-refractivity contribution in [2.24, 2.45) is 0 Å². The summed E-state index contributed by atoms with van der Waals surface area (Å²) in [7, 11) is 0. The Bertz CT molecular complexity index is 932. The number of esters is 1. The summed E-state index contributed by atoms with van der Waals surface area (Å²) in [6, 6.07) is 13.5. The maximum atomic E-state index is 12.3. The number of aromatic nitrogens is 1. The van der Waals surface area contributed by atoms with E-state index in [2.05, 4.69) is 6.07 Å². The first kappa shape index (κ1) is 14.9. The monoisotopic (exact) mass is 304 g/mol. The van der Waals surface area contributed by atoms with Crippen LogP contribution in [0.25, 0.3) is 5.52 Å². The topological polar surface area (TPSA) is 54.5 Å². The van der Waals surface area contributed by atoms with Gasteiger partial charge < -0.3 is 9.14 Å². The Hall–Kier alpha value is -3.06. The van der Waals surface area contributed by atoms with Gasteiger partial charge in [0.25, 0.3) is 0 Å². The average molecular weight is 304 g/mol. The van der Waals surface area contributed by atoms with Gasteiger partial charge in [0.1, 0.15) is 12.7 Å². The molecule has 0 aliphatic carbocycles. The molecule has 0 amide bonds. The third-order valence-electron chi connectivity index (χ3n) is 3.85. The average Bonchev–Trinajstić information content (AvgIpc) is 2.92. The number of rotatable bonds is 3. The van der Waals surface area contributed by atoms with E-state index in [0.717, 1.165) is 16.6 Å². The molecule has 0 spiro atoms. The Morgan fingerprint density at radius 2 is 2.09 bits per heavy atom. The molecule has 0 saturated carbocycles. The number of carbonyl (C=O) groups excluding carboxylic acids is 1. The first-order chi connectivity index (χ1) is 11.1. The minimum Gasteiger partial charge on any atom is -0.457 e. The van der Waals surface area contributed by atoms with Gasteiger partial charge in [-0.05, 0) is 37.6 Å². The number of carbonyl (C=O) groups is 1. The molecule has 0 unspecified atom stereocenters. The van der Waals surface area contributed by atoms with Gasteiger partial charge in [0, 0.05) is 18.0 Å². The Balaban J connectivity index is 1.85. The fraction of sp³-hybridized carbons (Fsp3) is 0.158. The van der Waals surface area contributed by atoms with Gasteiger partial charge in [-0.1, -0.05) is 23.8 Å². The summed E-state index contributed by atoms with van der Waals surface area (Å²) in [5.74, 6) is -0.370. The van der Waals surface area contributed by atoms with Crippen LogP contribution in [-0.4, -0.2) is 10.4 Å². The van der Waals surface area contributed by atoms with Gasteiger partial charge in [0.15, 0.2) is 0 Å². The molecule has 0 N–H and O–H groups in total. The van der Waals surface area contributed by atoms with Gasteiger partial charge in [-0.2, -0.15) is 5.26 Å². The minimum absolute atomic E-state index is 0.0801. The fourth-order valence-electron chi connectivity index (χ4n) is 2.59. The molecule has 2 heterocycles. The molecule has 3 aromatic rings. The number of hydrogen-bond acceptors (Lipinski definition) is 3. The number of ether oxygens (including phenoxy) is 1. The molecule has 3 rings (SSSR count). The maximum Gasteiger partial charge on any atom is 0.338 e. The highest BCUT2D eigenvalue weighted by Crippen LogP contribution is 2.20. The summed E-state index contributed by atoms with van der Waals surface area (Å²) in [6.07, 6.45) is 3.69. The van der Waals surface area contributed by atoms with E-state index in [-0.39, 0.29) is 12.6 Å². The summed E-state index contributed by atoms with van der Waals surface area (Å²) in [4.78, 5) is 12.3. The molecule has 0 bridgehead atoms. The van der Waals surface area contributed by atoms with Crippen LogP contribution < -0.4 is 0 Å². The first-order valence-electron chi connectivity index (χ1n) is 7.33. The van der Waals surface area contributed by atoms with E-state index >= 15 is 0 Å². The van der Waals surface area contributed by atoms with Crippen LogP contribution in [0.5, 0.6) is 0 Å². The van der Waals surface area contributed by atoms with Crippen LogP contribution in [0.15, 0.2) is 48.8 Å². The molecule has 4 heteroatoms. The minimum atomic E-state index is -0.370. The van der Waals surface area contributed by atoms with E-state index < -0.39 is 0 Å². The lowest BCUT2D eigenvalue weighted by molar-refractivity contribution is 0.0471. The lowest BCUT2D eigenvalue weighted by Crippen LogP contribution is -2.07. The fourth-order valence-corrected chi connectivity index (χ4v) is 2.59. The van der Waals surface area contributed by atoms with Crippen molar-refractivity contribution in [2.45, 2.75) is 20.5 Å². The quantitative estimate of drug-likeness (QED) is 0.692. The van der Waals surface area contributed by atoms with Crippen LogP contribution in [0.3, 0.4) is 0 Å². The van der Waals surface area contributed by atoms with Crippen molar-refractivity contribution >= 4 is 11.5 Å². The van der Waals surface area contributed by atoms with Gasteiger partial charge in [0.2, 0.25) is 0 Å². The van der Waals surface area contributed by atoms with Crippen molar-refractivity contribution in [1.29, 1.82) is 5.26 Å². The number of nitriles is 1. The molecule has 1 aromatic carbocycles. The summed E-state index contributed by atoms with van der Waals surface area (Å²) in [5, 5.41) is 9.36. The van der Waals surface area contributed by atoms with Crippen molar-refractivity contribution in [3.63, 3.8) is 0 Å². The maximum absolute atomic E-state index is 12.3. The predicted octanol–water partition coefficient (Wildman–Crippen LogP) is 3.78. The standard InChI is InChI=1S/C19H16N2O2/c1-13-6-7-14(2)16(9-13)19(22)23-12-15-11-21-8-4-3-5-18(21)17(15)10-20/h3-9,11H,12H2,1-2H3. The van der Waals surface area contributed by atoms with E-state index in [9.17, 15) is 10.1 Å². The first-order valence-corrected chi connectivity index (χ1v) is 7.33. The Morgan fingerprint density at radius 3 is 2.87 bits per heavy atom. The number of pyridine rings is 1. The number of aryl methyl sites for hydroxylation is 2. The molecule has 0 saturated heterocycles. The molecule has 2 aromatic heterocycles. The number of hydrogen-bond donors (Lipinski definition) is 0. The molecule has 0 aliphatic rings. The Kier molecular flexibility index (Phi) is 3.86. The van der Waals surface area contributed by atoms with Gasteiger partial charge >= 0.3 is 5.97 Å². The largest absolute Gasteiger partial charge is 0.457 e. The van der Waals surface area contributed by atoms with Crippen LogP contribution in [0.2, 0.25) is 0 Å². The van der Waals surface area contributed by atoms with Gasteiger partial charge in [-0.3, -0.25) is 0 Å². The van der Waals surface area contributed by atoms with E-state index in [0.29, 0.717) is 16.7 Å². The Morgan fingerprint density at radius 1 is 1.26 bits per heavy atom. The van der Waals surface area contributed by atoms with Crippen molar-refractivity contribution in [1.82, 2.24) is 4.40 Å². The summed E-state index contributed by atoms with van der Waals surface area (Å²) < 4.78 is 7.28. The summed E-state index contributed by atoms with van der Waals surface area (Å²) in [5.41, 5.74) is 4.51. The van der Waals surface area contributed by atoms with E-state index in [1.54, 1.807) is 0 Å². The zero-order valence-electron chi connectivity index (χ0n) is 13.0. The van der Waals surface area contributed by atoms with Crippen molar-refractivity contribution < 1.29 is 9.53 Å². The van der Waals surface area contributed by atoms with Crippen LogP contribution in [-0.2, 0) is 11.3 Å². The lowest BCUT2D eigenvalue weighted by atomic mass is 10.1. The molecule has 0 fully saturated rings. The third kappa shape index (κ3) is 2.82. The zero-order valence-corrected chi connectivity index (χ0v) is 13.0. The van der Waals surface area contributed by atoms with Crippen LogP contribution >= 0.6 is 0 Å². The second kappa shape index (κ2) is 5.98. The molecular formula is C19H16N2O2. The van der Waals surface area contributed by atoms with Crippen LogP contribution in [0, 0.1) is 25.2 Å². The number of fused-ring (bicyclic) bond motifs is 1. The second-order valence-electron chi connectivity index (χ2n) is 5.53. The highest BCUT2D eigenvalue weighted by atomic mass is 16.5. The van der Waals surface area contributed by atoms with Gasteiger partial charge in [-0.15, -0.1) is 0 Å². The zero-order chi connectivity index (χ0) is 16.4. The van der Waals surface area contributed by atoms with Crippen molar-refractivity contribution in [2.75, 3.05) is 0 Å². The molecule has 0 radical (unpaired) electrons. The molecule has 114 valence electrons.